The standard InChI is InChI=1S/C14H19N3/c1-11(15)9-12-3-5-13(6-4-12)10-14-16-7-8-17(14)2/h3-8,11H,9-10,15H2,1-2H3. The van der Waals surface area contributed by atoms with Crippen molar-refractivity contribution in [2.45, 2.75) is 25.8 Å². The van der Waals surface area contributed by atoms with Gasteiger partial charge in [0.05, 0.1) is 0 Å². The number of hydrogen-bond acceptors (Lipinski definition) is 2. The maximum atomic E-state index is 5.78. The molecule has 0 radical (unpaired) electrons. The fourth-order valence-electron chi connectivity index (χ4n) is 1.91. The lowest BCUT2D eigenvalue weighted by molar-refractivity contribution is 0.737. The van der Waals surface area contributed by atoms with E-state index >= 15 is 0 Å². The number of imidazole rings is 1. The van der Waals surface area contributed by atoms with Crippen LogP contribution in [0.2, 0.25) is 0 Å². The largest absolute Gasteiger partial charge is 0.338 e. The van der Waals surface area contributed by atoms with Crippen molar-refractivity contribution in [3.8, 4) is 0 Å². The molecule has 1 atom stereocenters. The Hall–Kier alpha value is -1.61. The Morgan fingerprint density at radius 3 is 2.41 bits per heavy atom. The topological polar surface area (TPSA) is 43.8 Å². The summed E-state index contributed by atoms with van der Waals surface area (Å²) in [5.74, 6) is 1.09. The van der Waals surface area contributed by atoms with Gasteiger partial charge < -0.3 is 10.3 Å². The first-order valence-corrected chi connectivity index (χ1v) is 5.95. The van der Waals surface area contributed by atoms with Gasteiger partial charge in [0, 0.05) is 31.9 Å². The molecule has 1 heterocycles. The fraction of sp³-hybridized carbons (Fsp3) is 0.357. The van der Waals surface area contributed by atoms with Crippen LogP contribution in [0, 0.1) is 0 Å². The Morgan fingerprint density at radius 1 is 1.24 bits per heavy atom. The minimum absolute atomic E-state index is 0.218. The number of aryl methyl sites for hydroxylation is 1. The minimum Gasteiger partial charge on any atom is -0.338 e. The summed E-state index contributed by atoms with van der Waals surface area (Å²) in [6.07, 6.45) is 5.62. The smallest absolute Gasteiger partial charge is 0.112 e. The lowest BCUT2D eigenvalue weighted by Crippen LogP contribution is -2.17. The second-order valence-electron chi connectivity index (χ2n) is 4.63. The molecule has 0 fully saturated rings. The van der Waals surface area contributed by atoms with Crippen molar-refractivity contribution in [2.24, 2.45) is 12.8 Å². The number of nitrogens with two attached hydrogens (primary N) is 1. The minimum atomic E-state index is 0.218. The molecule has 0 saturated carbocycles. The Morgan fingerprint density at radius 2 is 1.88 bits per heavy atom. The van der Waals surface area contributed by atoms with Crippen LogP contribution in [0.15, 0.2) is 36.7 Å². The van der Waals surface area contributed by atoms with E-state index in [1.165, 1.54) is 11.1 Å². The molecule has 0 aliphatic heterocycles. The van der Waals surface area contributed by atoms with Crippen molar-refractivity contribution in [3.63, 3.8) is 0 Å². The summed E-state index contributed by atoms with van der Waals surface area (Å²) in [6.45, 7) is 2.03. The lowest BCUT2D eigenvalue weighted by Gasteiger charge is -2.06. The molecule has 0 aliphatic carbocycles. The van der Waals surface area contributed by atoms with Gasteiger partial charge in [-0.15, -0.1) is 0 Å². The molecule has 0 aliphatic rings. The number of rotatable bonds is 4. The van der Waals surface area contributed by atoms with Crippen molar-refractivity contribution >= 4 is 0 Å². The lowest BCUT2D eigenvalue weighted by atomic mass is 10.0. The normalized spacial score (nSPS) is 12.6. The van der Waals surface area contributed by atoms with E-state index in [-0.39, 0.29) is 6.04 Å². The summed E-state index contributed by atoms with van der Waals surface area (Å²) in [4.78, 5) is 4.32. The monoisotopic (exact) mass is 229 g/mol. The van der Waals surface area contributed by atoms with Gasteiger partial charge in [-0.2, -0.15) is 0 Å². The van der Waals surface area contributed by atoms with Gasteiger partial charge in [0.25, 0.3) is 0 Å². The third-order valence-corrected chi connectivity index (χ3v) is 2.86. The average molecular weight is 229 g/mol. The van der Waals surface area contributed by atoms with Crippen LogP contribution in [0.1, 0.15) is 23.9 Å². The second kappa shape index (κ2) is 5.15. The molecular formula is C14H19N3. The quantitative estimate of drug-likeness (QED) is 0.870. The number of benzene rings is 1. The van der Waals surface area contributed by atoms with Crippen molar-refractivity contribution in [2.75, 3.05) is 0 Å². The van der Waals surface area contributed by atoms with E-state index in [1.807, 2.05) is 26.4 Å². The van der Waals surface area contributed by atoms with Crippen molar-refractivity contribution < 1.29 is 0 Å². The molecule has 1 aromatic carbocycles. The summed E-state index contributed by atoms with van der Waals surface area (Å²) in [5.41, 5.74) is 8.36. The van der Waals surface area contributed by atoms with Crippen LogP contribution < -0.4 is 5.73 Å². The van der Waals surface area contributed by atoms with E-state index in [2.05, 4.69) is 33.8 Å². The van der Waals surface area contributed by atoms with Gasteiger partial charge in [0.15, 0.2) is 0 Å². The van der Waals surface area contributed by atoms with E-state index in [4.69, 9.17) is 5.73 Å². The van der Waals surface area contributed by atoms with Gasteiger partial charge >= 0.3 is 0 Å². The highest BCUT2D eigenvalue weighted by molar-refractivity contribution is 5.25. The molecule has 2 aromatic rings. The Bertz CT molecular complexity index is 468. The van der Waals surface area contributed by atoms with Gasteiger partial charge in [-0.3, -0.25) is 0 Å². The molecule has 0 spiro atoms. The summed E-state index contributed by atoms with van der Waals surface area (Å²) < 4.78 is 2.05. The van der Waals surface area contributed by atoms with Gasteiger partial charge in [0.2, 0.25) is 0 Å². The number of nitrogens with zero attached hydrogens (tertiary/aromatic N) is 2. The molecule has 1 unspecified atom stereocenters. The maximum absolute atomic E-state index is 5.78. The third-order valence-electron chi connectivity index (χ3n) is 2.86. The summed E-state index contributed by atoms with van der Waals surface area (Å²) >= 11 is 0. The maximum Gasteiger partial charge on any atom is 0.112 e. The molecule has 2 N–H and O–H groups in total. The summed E-state index contributed by atoms with van der Waals surface area (Å²) in [5, 5.41) is 0. The van der Waals surface area contributed by atoms with Gasteiger partial charge in [0.1, 0.15) is 5.82 Å². The summed E-state index contributed by atoms with van der Waals surface area (Å²) in [6, 6.07) is 8.84. The van der Waals surface area contributed by atoms with Crippen LogP contribution in [0.4, 0.5) is 0 Å². The van der Waals surface area contributed by atoms with Crippen LogP contribution in [-0.4, -0.2) is 15.6 Å². The average Bonchev–Trinajstić information content (AvgIpc) is 2.67. The van der Waals surface area contributed by atoms with E-state index in [1.54, 1.807) is 0 Å². The molecule has 0 bridgehead atoms. The Labute approximate surface area is 102 Å². The highest BCUT2D eigenvalue weighted by Crippen LogP contribution is 2.10. The molecule has 90 valence electrons. The molecule has 3 nitrogen and oxygen atoms in total. The first-order valence-electron chi connectivity index (χ1n) is 5.95. The molecule has 1 aromatic heterocycles. The first kappa shape index (κ1) is 11.9. The number of hydrogen-bond donors (Lipinski definition) is 1. The van der Waals surface area contributed by atoms with Crippen LogP contribution in [0.25, 0.3) is 0 Å². The van der Waals surface area contributed by atoms with Crippen LogP contribution in [0.5, 0.6) is 0 Å². The molecule has 0 saturated heterocycles. The Kier molecular flexibility index (Phi) is 3.59. The van der Waals surface area contributed by atoms with Crippen LogP contribution >= 0.6 is 0 Å². The van der Waals surface area contributed by atoms with Crippen molar-refractivity contribution in [1.82, 2.24) is 9.55 Å². The zero-order chi connectivity index (χ0) is 12.3. The first-order chi connectivity index (χ1) is 8.15. The highest BCUT2D eigenvalue weighted by atomic mass is 15.0. The Balaban J connectivity index is 2.06. The van der Waals surface area contributed by atoms with Crippen LogP contribution in [0.3, 0.4) is 0 Å². The predicted molar refractivity (Wildman–Crippen MR) is 69.8 cm³/mol. The fourth-order valence-corrected chi connectivity index (χ4v) is 1.91. The van der Waals surface area contributed by atoms with E-state index < -0.39 is 0 Å². The van der Waals surface area contributed by atoms with Crippen molar-refractivity contribution in [1.29, 1.82) is 0 Å². The molecule has 2 rings (SSSR count). The highest BCUT2D eigenvalue weighted by Gasteiger charge is 2.02. The SMILES string of the molecule is CC(N)Cc1ccc(Cc2nccn2C)cc1. The summed E-state index contributed by atoms with van der Waals surface area (Å²) in [7, 11) is 2.02. The molecular weight excluding hydrogens is 210 g/mol. The van der Waals surface area contributed by atoms with E-state index in [0.29, 0.717) is 0 Å². The third kappa shape index (κ3) is 3.17. The zero-order valence-electron chi connectivity index (χ0n) is 10.4. The molecule has 17 heavy (non-hydrogen) atoms. The second-order valence-corrected chi connectivity index (χ2v) is 4.63. The van der Waals surface area contributed by atoms with Crippen LogP contribution in [-0.2, 0) is 19.9 Å². The van der Waals surface area contributed by atoms with Crippen molar-refractivity contribution in [3.05, 3.63) is 53.6 Å². The predicted octanol–water partition coefficient (Wildman–Crippen LogP) is 1.90. The van der Waals surface area contributed by atoms with Gasteiger partial charge in [-0.25, -0.2) is 4.98 Å². The molecule has 0 amide bonds. The zero-order valence-corrected chi connectivity index (χ0v) is 10.4. The number of aromatic nitrogens is 2. The van der Waals surface area contributed by atoms with E-state index in [9.17, 15) is 0 Å². The van der Waals surface area contributed by atoms with Gasteiger partial charge in [-0.05, 0) is 24.5 Å². The van der Waals surface area contributed by atoms with E-state index in [0.717, 1.165) is 18.7 Å². The molecule has 3 heteroatoms. The van der Waals surface area contributed by atoms with Gasteiger partial charge in [-0.1, -0.05) is 24.3 Å².